The smallest absolute Gasteiger partial charge is 0.326 e. The molecular formula is C25H47FN2O4Si. The van der Waals surface area contributed by atoms with Crippen LogP contribution in [0.5, 0.6) is 0 Å². The SMILES string of the molecule is COC(=O)C12CCCN1C(CO[Si](C)(C)C(C)(C)C)CC2.OCC12CCCN1C(CF)CC2. The third-order valence-electron chi connectivity index (χ3n) is 9.39. The molecule has 0 saturated carbocycles. The maximum atomic E-state index is 12.5. The van der Waals surface area contributed by atoms with Crippen LogP contribution in [0.25, 0.3) is 0 Å². The first-order valence-corrected chi connectivity index (χ1v) is 15.8. The minimum Gasteiger partial charge on any atom is -0.468 e. The Labute approximate surface area is 201 Å². The maximum absolute atomic E-state index is 12.5. The van der Waals surface area contributed by atoms with E-state index in [2.05, 4.69) is 43.7 Å². The lowest BCUT2D eigenvalue weighted by Crippen LogP contribution is -2.51. The zero-order valence-corrected chi connectivity index (χ0v) is 22.8. The van der Waals surface area contributed by atoms with E-state index in [9.17, 15) is 14.3 Å². The summed E-state index contributed by atoms with van der Waals surface area (Å²) >= 11 is 0. The number of fused-ring (bicyclic) bond motifs is 2. The van der Waals surface area contributed by atoms with E-state index in [1.807, 2.05) is 0 Å². The molecule has 4 heterocycles. The van der Waals surface area contributed by atoms with Crippen LogP contribution in [0.3, 0.4) is 0 Å². The van der Waals surface area contributed by atoms with Crippen LogP contribution in [0, 0.1) is 0 Å². The summed E-state index contributed by atoms with van der Waals surface area (Å²) < 4.78 is 24.0. The molecule has 4 aliphatic rings. The Kier molecular flexibility index (Phi) is 8.37. The molecule has 4 fully saturated rings. The van der Waals surface area contributed by atoms with Gasteiger partial charge in [0.1, 0.15) is 12.2 Å². The second kappa shape index (κ2) is 10.2. The molecule has 6 nitrogen and oxygen atoms in total. The molecule has 8 heteroatoms. The summed E-state index contributed by atoms with van der Waals surface area (Å²) in [4.78, 5) is 16.8. The van der Waals surface area contributed by atoms with E-state index in [1.54, 1.807) is 0 Å². The summed E-state index contributed by atoms with van der Waals surface area (Å²) in [5, 5.41) is 9.51. The molecule has 0 aromatic heterocycles. The molecule has 0 radical (unpaired) electrons. The van der Waals surface area contributed by atoms with Crippen LogP contribution in [0.4, 0.5) is 4.39 Å². The number of aliphatic hydroxyl groups is 1. The Morgan fingerprint density at radius 3 is 2.30 bits per heavy atom. The van der Waals surface area contributed by atoms with Gasteiger partial charge < -0.3 is 14.3 Å². The van der Waals surface area contributed by atoms with Crippen LogP contribution in [0.2, 0.25) is 18.1 Å². The van der Waals surface area contributed by atoms with Crippen molar-refractivity contribution in [2.75, 3.05) is 40.1 Å². The summed E-state index contributed by atoms with van der Waals surface area (Å²) in [6, 6.07) is 0.473. The average Bonchev–Trinajstić information content (AvgIpc) is 3.51. The highest BCUT2D eigenvalue weighted by atomic mass is 28.4. The number of methoxy groups -OCH3 is 1. The Morgan fingerprint density at radius 2 is 1.70 bits per heavy atom. The highest BCUT2D eigenvalue weighted by molar-refractivity contribution is 6.74. The van der Waals surface area contributed by atoms with Crippen molar-refractivity contribution in [2.24, 2.45) is 0 Å². The predicted molar refractivity (Wildman–Crippen MR) is 132 cm³/mol. The number of ether oxygens (including phenoxy) is 1. The highest BCUT2D eigenvalue weighted by Crippen LogP contribution is 2.44. The van der Waals surface area contributed by atoms with Crippen molar-refractivity contribution in [1.29, 1.82) is 0 Å². The lowest BCUT2D eigenvalue weighted by molar-refractivity contribution is -0.152. The first-order chi connectivity index (χ1) is 15.5. The number of hydrogen-bond donors (Lipinski definition) is 1. The summed E-state index contributed by atoms with van der Waals surface area (Å²) in [7, 11) is -0.212. The van der Waals surface area contributed by atoms with Gasteiger partial charge in [-0.3, -0.25) is 14.6 Å². The second-order valence-electron chi connectivity index (χ2n) is 12.1. The molecule has 0 amide bonds. The summed E-state index contributed by atoms with van der Waals surface area (Å²) in [5.41, 5.74) is -0.382. The lowest BCUT2D eigenvalue weighted by Gasteiger charge is -2.38. The van der Waals surface area contributed by atoms with Crippen LogP contribution in [0.1, 0.15) is 72.1 Å². The van der Waals surface area contributed by atoms with Crippen LogP contribution >= 0.6 is 0 Å². The third kappa shape index (κ3) is 5.06. The zero-order valence-electron chi connectivity index (χ0n) is 21.8. The van der Waals surface area contributed by atoms with Crippen molar-refractivity contribution in [3.05, 3.63) is 0 Å². The molecule has 0 aliphatic carbocycles. The minimum atomic E-state index is -1.72. The van der Waals surface area contributed by atoms with Gasteiger partial charge in [-0.15, -0.1) is 0 Å². The Morgan fingerprint density at radius 1 is 1.06 bits per heavy atom. The number of nitrogens with zero attached hydrogens (tertiary/aromatic N) is 2. The van der Waals surface area contributed by atoms with Gasteiger partial charge in [0.15, 0.2) is 8.32 Å². The largest absolute Gasteiger partial charge is 0.468 e. The van der Waals surface area contributed by atoms with Gasteiger partial charge in [0.2, 0.25) is 0 Å². The fourth-order valence-corrected chi connectivity index (χ4v) is 7.31. The number of hydrogen-bond acceptors (Lipinski definition) is 6. The monoisotopic (exact) mass is 486 g/mol. The fourth-order valence-electron chi connectivity index (χ4n) is 6.27. The van der Waals surface area contributed by atoms with Crippen molar-refractivity contribution in [2.45, 2.75) is 113 Å². The zero-order chi connectivity index (χ0) is 24.5. The van der Waals surface area contributed by atoms with E-state index < -0.39 is 8.32 Å². The number of rotatable bonds is 6. The second-order valence-corrected chi connectivity index (χ2v) is 16.9. The minimum absolute atomic E-state index is 0.0310. The predicted octanol–water partition coefficient (Wildman–Crippen LogP) is 4.12. The molecule has 0 aromatic carbocycles. The molecule has 0 spiro atoms. The van der Waals surface area contributed by atoms with E-state index in [4.69, 9.17) is 9.16 Å². The van der Waals surface area contributed by atoms with Gasteiger partial charge in [0.25, 0.3) is 0 Å². The molecule has 192 valence electrons. The van der Waals surface area contributed by atoms with Crippen LogP contribution in [-0.4, -0.2) is 92.4 Å². The normalized spacial score (nSPS) is 34.7. The van der Waals surface area contributed by atoms with E-state index in [0.717, 1.165) is 71.1 Å². The van der Waals surface area contributed by atoms with Crippen molar-refractivity contribution in [1.82, 2.24) is 9.80 Å². The fraction of sp³-hybridized carbons (Fsp3) is 0.960. The van der Waals surface area contributed by atoms with Gasteiger partial charge in [-0.05, 0) is 82.6 Å². The van der Waals surface area contributed by atoms with Gasteiger partial charge in [-0.25, -0.2) is 4.39 Å². The molecule has 4 unspecified atom stereocenters. The first-order valence-electron chi connectivity index (χ1n) is 12.9. The number of esters is 1. The van der Waals surface area contributed by atoms with Crippen LogP contribution < -0.4 is 0 Å². The van der Waals surface area contributed by atoms with Crippen molar-refractivity contribution in [3.63, 3.8) is 0 Å². The summed E-state index contributed by atoms with van der Waals surface area (Å²) in [5.74, 6) is -0.0465. The van der Waals surface area contributed by atoms with Crippen molar-refractivity contribution in [3.8, 4) is 0 Å². The van der Waals surface area contributed by atoms with Crippen molar-refractivity contribution >= 4 is 14.3 Å². The highest BCUT2D eigenvalue weighted by Gasteiger charge is 2.55. The van der Waals surface area contributed by atoms with Gasteiger partial charge in [0.05, 0.1) is 13.7 Å². The van der Waals surface area contributed by atoms with Crippen LogP contribution in [0.15, 0.2) is 0 Å². The van der Waals surface area contributed by atoms with Gasteiger partial charge >= 0.3 is 5.97 Å². The van der Waals surface area contributed by atoms with Gasteiger partial charge in [-0.2, -0.15) is 0 Å². The molecule has 1 N–H and O–H groups in total. The Bertz CT molecular complexity index is 688. The molecule has 0 aromatic rings. The number of aliphatic hydroxyl groups excluding tert-OH is 1. The molecule has 4 saturated heterocycles. The quantitative estimate of drug-likeness (QED) is 0.450. The Balaban J connectivity index is 0.000000215. The molecular weight excluding hydrogens is 439 g/mol. The van der Waals surface area contributed by atoms with Gasteiger partial charge in [-0.1, -0.05) is 20.8 Å². The Hall–Kier alpha value is -0.543. The van der Waals surface area contributed by atoms with E-state index >= 15 is 0 Å². The topological polar surface area (TPSA) is 62.2 Å². The lowest BCUT2D eigenvalue weighted by atomic mass is 9.94. The third-order valence-corrected chi connectivity index (χ3v) is 13.9. The van der Waals surface area contributed by atoms with E-state index in [-0.39, 0.29) is 41.4 Å². The summed E-state index contributed by atoms with van der Waals surface area (Å²) in [6.45, 7) is 14.1. The number of alkyl halides is 1. The first kappa shape index (κ1) is 27.1. The average molecular weight is 487 g/mol. The number of carbonyl (C=O) groups excluding carboxylic acids is 1. The number of carbonyl (C=O) groups is 1. The van der Waals surface area contributed by atoms with Gasteiger partial charge in [0, 0.05) is 24.2 Å². The molecule has 4 aliphatic heterocycles. The van der Waals surface area contributed by atoms with Crippen molar-refractivity contribution < 1.29 is 23.5 Å². The van der Waals surface area contributed by atoms with E-state index in [1.165, 1.54) is 7.11 Å². The van der Waals surface area contributed by atoms with E-state index in [0.29, 0.717) is 6.04 Å². The molecule has 4 atom stereocenters. The standard InChI is InChI=1S/C16H31NO3Si.C9H16FNO/c1-15(2,3)21(5,6)20-12-13-8-10-16(14(18)19-4)9-7-11-17(13)16;10-6-8-2-4-9(7-12)3-1-5-11(8)9/h13H,7-12H2,1-6H3;8,12H,1-7H2. The molecule has 33 heavy (non-hydrogen) atoms. The molecule has 4 rings (SSSR count). The summed E-state index contributed by atoms with van der Waals surface area (Å²) in [6.07, 6.45) is 8.09. The number of halogens is 1. The maximum Gasteiger partial charge on any atom is 0.326 e. The van der Waals surface area contributed by atoms with Crippen LogP contribution in [-0.2, 0) is 14.0 Å². The molecule has 0 bridgehead atoms.